The number of rotatable bonds is 10. The van der Waals surface area contributed by atoms with Crippen molar-refractivity contribution in [1.29, 1.82) is 0 Å². The summed E-state index contributed by atoms with van der Waals surface area (Å²) < 4.78 is 14.3. The van der Waals surface area contributed by atoms with Crippen LogP contribution in [0.5, 0.6) is 5.75 Å². The molecular formula is C55H74N8O8. The molecule has 4 amide bonds. The molecule has 0 aliphatic carbocycles. The Hall–Kier alpha value is -5.84. The number of hydrazine groups is 1. The minimum absolute atomic E-state index is 0.00579. The largest absolute Gasteiger partial charge is 0.508 e. The van der Waals surface area contributed by atoms with Gasteiger partial charge < -0.3 is 34.3 Å². The molecule has 71 heavy (non-hydrogen) atoms. The third kappa shape index (κ3) is 10.3. The zero-order valence-electron chi connectivity index (χ0n) is 43.3. The topological polar surface area (TPSA) is 179 Å². The number of cyclic esters (lactones) is 1. The molecule has 0 spiro atoms. The molecule has 3 saturated heterocycles. The lowest BCUT2D eigenvalue weighted by Gasteiger charge is -2.37. The van der Waals surface area contributed by atoms with Crippen LogP contribution < -0.4 is 10.7 Å². The summed E-state index contributed by atoms with van der Waals surface area (Å²) in [6.07, 6.45) is 5.18. The van der Waals surface area contributed by atoms with Crippen molar-refractivity contribution < 1.29 is 38.6 Å². The fourth-order valence-corrected chi connectivity index (χ4v) is 11.5. The second kappa shape index (κ2) is 20.7. The molecule has 16 nitrogen and oxygen atoms in total. The van der Waals surface area contributed by atoms with Gasteiger partial charge in [0.2, 0.25) is 17.7 Å². The van der Waals surface area contributed by atoms with Crippen LogP contribution in [0.15, 0.2) is 54.7 Å². The van der Waals surface area contributed by atoms with Crippen molar-refractivity contribution in [3.05, 3.63) is 71.5 Å². The number of likely N-dealkylation sites (N-methyl/N-ethyl adjacent to an activating group) is 2. The summed E-state index contributed by atoms with van der Waals surface area (Å²) in [7, 11) is 5.26. The molecule has 0 saturated carbocycles. The van der Waals surface area contributed by atoms with Crippen LogP contribution in [0.3, 0.4) is 0 Å². The lowest BCUT2D eigenvalue weighted by Crippen LogP contribution is -2.62. The third-order valence-electron chi connectivity index (χ3n) is 15.6. The predicted molar refractivity (Wildman–Crippen MR) is 272 cm³/mol. The molecule has 1 unspecified atom stereocenters. The zero-order valence-corrected chi connectivity index (χ0v) is 43.3. The maximum atomic E-state index is 14.8. The Labute approximate surface area is 418 Å². The molecule has 6 atom stereocenters. The average molecular weight is 975 g/mol. The third-order valence-corrected chi connectivity index (χ3v) is 15.6. The van der Waals surface area contributed by atoms with E-state index < -0.39 is 52.8 Å². The van der Waals surface area contributed by atoms with Crippen LogP contribution in [0.1, 0.15) is 103 Å². The highest BCUT2D eigenvalue weighted by Gasteiger charge is 2.47. The van der Waals surface area contributed by atoms with E-state index in [0.29, 0.717) is 44.3 Å². The number of carbonyl (C=O) groups is 5. The number of phenolic OH excluding ortho intramolecular Hbond substituents is 1. The highest BCUT2D eigenvalue weighted by molar-refractivity contribution is 5.96. The van der Waals surface area contributed by atoms with Gasteiger partial charge in [0, 0.05) is 74.8 Å². The fourth-order valence-electron chi connectivity index (χ4n) is 11.5. The first-order valence-electron chi connectivity index (χ1n) is 25.5. The number of aromatic hydroxyl groups is 1. The zero-order chi connectivity index (χ0) is 51.1. The van der Waals surface area contributed by atoms with E-state index in [9.17, 15) is 29.1 Å². The first-order valence-corrected chi connectivity index (χ1v) is 25.5. The lowest BCUT2D eigenvalue weighted by molar-refractivity contribution is -0.155. The minimum Gasteiger partial charge on any atom is -0.508 e. The standard InChI is InChI=1S/C55H74N8O8/c1-11-62-45-18-17-36-29-41(45)42(48(62)40-15-12-21-56-46(40)34(4)70-10)30-54(5,6)32-71-52(68)43-16-13-23-63(58-43)51(67)44(27-35-25-38(36)28-39(64)26-35)57-49(65)47(33(2)3)60(9)50(66)37-19-24-61(31-37)53(69)55(7)20-14-22-59(55)8/h12,15,17-18,21,25-26,28-29,33-34,37,43-44,47,58,64H,11,13-14,16,19-20,22-24,27,30-32H2,1-10H3,(H,57,65)/t34-,37-,43-,44-,47?,55+/m0/s1. The van der Waals surface area contributed by atoms with E-state index >= 15 is 0 Å². The van der Waals surface area contributed by atoms with Crippen molar-refractivity contribution in [2.45, 2.75) is 130 Å². The number of hydrogen-bond acceptors (Lipinski definition) is 11. The Kier molecular flexibility index (Phi) is 15.0. The van der Waals surface area contributed by atoms with E-state index in [1.54, 1.807) is 37.4 Å². The smallest absolute Gasteiger partial charge is 0.324 e. The second-order valence-corrected chi connectivity index (χ2v) is 21.7. The number of benzene rings is 2. The number of ether oxygens (including phenoxy) is 2. The number of esters is 1. The molecule has 8 rings (SSSR count). The number of fused-ring (bicyclic) bond motifs is 6. The molecule has 3 N–H and O–H groups in total. The normalized spacial score (nSPS) is 23.9. The van der Waals surface area contributed by atoms with Crippen molar-refractivity contribution >= 4 is 40.5 Å². The molecule has 4 aliphatic rings. The van der Waals surface area contributed by atoms with Gasteiger partial charge in [0.25, 0.3) is 5.91 Å². The monoisotopic (exact) mass is 975 g/mol. The molecule has 6 heterocycles. The summed E-state index contributed by atoms with van der Waals surface area (Å²) in [5.74, 6) is -2.49. The molecule has 16 heteroatoms. The number of phenols is 1. The summed E-state index contributed by atoms with van der Waals surface area (Å²) in [6, 6.07) is 12.6. The number of likely N-dealkylation sites (tertiary alicyclic amines) is 2. The van der Waals surface area contributed by atoms with Crippen LogP contribution in [-0.4, -0.2) is 142 Å². The molecule has 0 radical (unpaired) electrons. The number of hydrogen-bond donors (Lipinski definition) is 3. The van der Waals surface area contributed by atoms with E-state index in [-0.39, 0.29) is 55.7 Å². The Morgan fingerprint density at radius 3 is 2.49 bits per heavy atom. The summed E-state index contributed by atoms with van der Waals surface area (Å²) >= 11 is 0. The number of carbonyl (C=O) groups excluding carboxylic acids is 5. The van der Waals surface area contributed by atoms with Crippen molar-refractivity contribution in [1.82, 2.24) is 40.0 Å². The van der Waals surface area contributed by atoms with Crippen LogP contribution in [0.25, 0.3) is 33.3 Å². The van der Waals surface area contributed by atoms with Gasteiger partial charge in [0.15, 0.2) is 0 Å². The van der Waals surface area contributed by atoms with Gasteiger partial charge >= 0.3 is 5.97 Å². The Morgan fingerprint density at radius 1 is 1.01 bits per heavy atom. The van der Waals surface area contributed by atoms with E-state index in [2.05, 4.69) is 59.2 Å². The number of aromatic nitrogens is 2. The van der Waals surface area contributed by atoms with Gasteiger partial charge in [-0.25, -0.2) is 5.43 Å². The van der Waals surface area contributed by atoms with Crippen LogP contribution in [-0.2, 0) is 52.8 Å². The Morgan fingerprint density at radius 2 is 1.79 bits per heavy atom. The van der Waals surface area contributed by atoms with Gasteiger partial charge in [-0.15, -0.1) is 0 Å². The fraction of sp³-hybridized carbons (Fsp3) is 0.564. The maximum Gasteiger partial charge on any atom is 0.324 e. The van der Waals surface area contributed by atoms with Crippen LogP contribution in [0.2, 0.25) is 0 Å². The van der Waals surface area contributed by atoms with Crippen molar-refractivity contribution in [3.8, 4) is 28.1 Å². The molecule has 3 fully saturated rings. The van der Waals surface area contributed by atoms with Gasteiger partial charge in [-0.2, -0.15) is 0 Å². The van der Waals surface area contributed by atoms with Crippen LogP contribution >= 0.6 is 0 Å². The van der Waals surface area contributed by atoms with E-state index in [1.807, 2.05) is 52.9 Å². The average Bonchev–Trinajstić information content (AvgIpc) is 4.06. The highest BCUT2D eigenvalue weighted by Crippen LogP contribution is 2.42. The van der Waals surface area contributed by atoms with Crippen molar-refractivity contribution in [2.24, 2.45) is 17.3 Å². The second-order valence-electron chi connectivity index (χ2n) is 21.7. The van der Waals surface area contributed by atoms with Crippen molar-refractivity contribution in [3.63, 3.8) is 0 Å². The quantitative estimate of drug-likeness (QED) is 0.153. The number of nitrogens with zero attached hydrogens (tertiary/aromatic N) is 6. The van der Waals surface area contributed by atoms with Gasteiger partial charge in [0.1, 0.15) is 23.9 Å². The van der Waals surface area contributed by atoms with Gasteiger partial charge in [-0.05, 0) is 137 Å². The van der Waals surface area contributed by atoms with Gasteiger partial charge in [-0.3, -0.25) is 38.9 Å². The first-order chi connectivity index (χ1) is 33.7. The molecule has 6 bridgehead atoms. The molecular weight excluding hydrogens is 901 g/mol. The lowest BCUT2D eigenvalue weighted by atomic mass is 9.84. The summed E-state index contributed by atoms with van der Waals surface area (Å²) in [4.78, 5) is 81.8. The number of pyridine rings is 1. The first kappa shape index (κ1) is 51.5. The highest BCUT2D eigenvalue weighted by atomic mass is 16.5. The molecule has 4 aliphatic heterocycles. The number of amides is 4. The van der Waals surface area contributed by atoms with E-state index in [4.69, 9.17) is 14.5 Å². The predicted octanol–water partition coefficient (Wildman–Crippen LogP) is 6.27. The summed E-state index contributed by atoms with van der Waals surface area (Å²) in [5, 5.41) is 16.8. The van der Waals surface area contributed by atoms with Crippen molar-refractivity contribution in [2.75, 3.05) is 54.0 Å². The number of aryl methyl sites for hydroxylation is 1. The summed E-state index contributed by atoms with van der Waals surface area (Å²) in [6.45, 7) is 16.6. The molecule has 382 valence electrons. The van der Waals surface area contributed by atoms with Crippen LogP contribution in [0, 0.1) is 17.3 Å². The molecule has 2 aromatic heterocycles. The van der Waals surface area contributed by atoms with E-state index in [1.165, 1.54) is 9.91 Å². The number of nitrogens with one attached hydrogen (secondary N) is 2. The Balaban J connectivity index is 1.15. The maximum absolute atomic E-state index is 14.8. The van der Waals surface area contributed by atoms with Gasteiger partial charge in [0.05, 0.1) is 35.6 Å². The number of methoxy groups -OCH3 is 1. The molecule has 4 aromatic rings. The minimum atomic E-state index is -1.16. The van der Waals surface area contributed by atoms with Gasteiger partial charge in [-0.1, -0.05) is 39.8 Å². The summed E-state index contributed by atoms with van der Waals surface area (Å²) in [5.41, 5.74) is 8.98. The Bertz CT molecular complexity index is 2680. The van der Waals surface area contributed by atoms with E-state index in [0.717, 1.165) is 63.9 Å². The SMILES string of the molecule is CCn1c(-c2cccnc2[C@H](C)OC)c2c3cc(ccc31)-c1cc(O)cc(c1)C[C@H](NC(=O)C(C(C)C)N(C)C(=O)[C@H]1CCN(C(=O)[C@@]3(C)CCCN3C)C1)C(=O)N1CCC[C@H](N1)C(=O)OCC(C)(C)C2. The van der Waals surface area contributed by atoms with Crippen LogP contribution in [0.4, 0.5) is 0 Å². The molecule has 2 aromatic carbocycles.